The van der Waals surface area contributed by atoms with Gasteiger partial charge in [0.2, 0.25) is 17.8 Å². The van der Waals surface area contributed by atoms with Crippen LogP contribution in [-0.4, -0.2) is 95.3 Å². The molecule has 1 aromatic heterocycles. The molecule has 0 saturated carbocycles. The van der Waals surface area contributed by atoms with Gasteiger partial charge in [-0.15, -0.1) is 0 Å². The number of aromatic nitrogens is 2. The van der Waals surface area contributed by atoms with Crippen LogP contribution in [0.3, 0.4) is 0 Å². The van der Waals surface area contributed by atoms with Crippen LogP contribution in [0.25, 0.3) is 0 Å². The van der Waals surface area contributed by atoms with E-state index in [1.54, 1.807) is 18.2 Å². The Morgan fingerprint density at radius 2 is 1.60 bits per heavy atom. The molecule has 14 heteroatoms. The van der Waals surface area contributed by atoms with Crippen molar-refractivity contribution in [1.82, 2.24) is 25.1 Å². The molecule has 1 N–H and O–H groups in total. The maximum absolute atomic E-state index is 13.4. The van der Waals surface area contributed by atoms with E-state index in [9.17, 15) is 24.4 Å². The highest BCUT2D eigenvalue weighted by molar-refractivity contribution is 6.30. The molecule has 62 heavy (non-hydrogen) atoms. The molecule has 5 aliphatic heterocycles. The van der Waals surface area contributed by atoms with Crippen LogP contribution in [0, 0.1) is 22.7 Å². The van der Waals surface area contributed by atoms with E-state index in [1.165, 1.54) is 12.8 Å². The number of likely N-dealkylation sites (tertiary alicyclic amines) is 1. The summed E-state index contributed by atoms with van der Waals surface area (Å²) in [6, 6.07) is 22.1. The SMILES string of the molecule is CC(C)(c1ccc(OCc2ccnc(N3CCC4(CCN(CC5CCN(c6ccc7c(c6)C(=O)N(C6CCC(=O)NC6=O)C7=O)C5)CC4)CC3)n2)cc1)c1cc(Cl)cc(C#N)c1. The molecule has 1 spiro atoms. The quantitative estimate of drug-likeness (QED) is 0.174. The monoisotopic (exact) mass is 854 g/mol. The summed E-state index contributed by atoms with van der Waals surface area (Å²) < 4.78 is 6.17. The molecule has 2 unspecified atom stereocenters. The molecule has 4 aromatic rings. The maximum atomic E-state index is 13.4. The van der Waals surface area contributed by atoms with Crippen molar-refractivity contribution < 1.29 is 23.9 Å². The fraction of sp³-hybridized carbons (Fsp3) is 0.438. The number of hydrogen-bond donors (Lipinski definition) is 1. The first-order chi connectivity index (χ1) is 29.9. The molecular weight excluding hydrogens is 804 g/mol. The molecule has 5 aliphatic rings. The van der Waals surface area contributed by atoms with Gasteiger partial charge in [0.05, 0.1) is 28.5 Å². The van der Waals surface area contributed by atoms with Crippen LogP contribution < -0.4 is 19.9 Å². The molecule has 0 radical (unpaired) electrons. The molecule has 13 nitrogen and oxygen atoms in total. The third-order valence-electron chi connectivity index (χ3n) is 14.0. The van der Waals surface area contributed by atoms with Crippen LogP contribution in [0.15, 0.2) is 72.9 Å². The summed E-state index contributed by atoms with van der Waals surface area (Å²) in [7, 11) is 0. The molecule has 6 heterocycles. The number of nitrogens with zero attached hydrogens (tertiary/aromatic N) is 7. The zero-order valence-electron chi connectivity index (χ0n) is 35.2. The van der Waals surface area contributed by atoms with E-state index < -0.39 is 23.8 Å². The average Bonchev–Trinajstić information content (AvgIpc) is 3.85. The minimum Gasteiger partial charge on any atom is -0.487 e. The number of nitriles is 1. The summed E-state index contributed by atoms with van der Waals surface area (Å²) in [5, 5.41) is 12.2. The normalized spacial score (nSPS) is 21.6. The molecule has 3 aromatic carbocycles. The molecule has 9 rings (SSSR count). The second kappa shape index (κ2) is 16.8. The largest absolute Gasteiger partial charge is 0.487 e. The van der Waals surface area contributed by atoms with E-state index in [1.807, 2.05) is 42.6 Å². The molecule has 2 atom stereocenters. The lowest BCUT2D eigenvalue weighted by molar-refractivity contribution is -0.136. The van der Waals surface area contributed by atoms with E-state index in [-0.39, 0.29) is 24.2 Å². The summed E-state index contributed by atoms with van der Waals surface area (Å²) in [6.07, 6.45) is 7.75. The first-order valence-electron chi connectivity index (χ1n) is 21.7. The number of imide groups is 2. The highest BCUT2D eigenvalue weighted by Crippen LogP contribution is 2.42. The van der Waals surface area contributed by atoms with Gasteiger partial charge in [-0.25, -0.2) is 9.97 Å². The number of rotatable bonds is 10. The van der Waals surface area contributed by atoms with Gasteiger partial charge < -0.3 is 19.4 Å². The van der Waals surface area contributed by atoms with Gasteiger partial charge >= 0.3 is 0 Å². The Bertz CT molecular complexity index is 2450. The molecule has 320 valence electrons. The first-order valence-corrected chi connectivity index (χ1v) is 22.1. The van der Waals surface area contributed by atoms with E-state index in [4.69, 9.17) is 21.3 Å². The fourth-order valence-electron chi connectivity index (χ4n) is 10.1. The minimum atomic E-state index is -0.964. The summed E-state index contributed by atoms with van der Waals surface area (Å²) in [6.45, 7) is 11.4. The molecule has 4 saturated heterocycles. The molecule has 0 bridgehead atoms. The Morgan fingerprint density at radius 3 is 2.34 bits per heavy atom. The number of hydrogen-bond acceptors (Lipinski definition) is 11. The number of piperidine rings is 3. The number of halogens is 1. The lowest BCUT2D eigenvalue weighted by atomic mass is 9.71. The van der Waals surface area contributed by atoms with Gasteiger partial charge in [0.25, 0.3) is 11.8 Å². The number of amides is 4. The van der Waals surface area contributed by atoms with Crippen LogP contribution in [0.2, 0.25) is 5.02 Å². The topological polar surface area (TPSA) is 152 Å². The lowest BCUT2D eigenvalue weighted by Gasteiger charge is -2.47. The van der Waals surface area contributed by atoms with Gasteiger partial charge in [-0.3, -0.25) is 29.4 Å². The van der Waals surface area contributed by atoms with E-state index in [2.05, 4.69) is 57.0 Å². The van der Waals surface area contributed by atoms with Crippen LogP contribution in [-0.2, 0) is 21.6 Å². The third kappa shape index (κ3) is 8.26. The van der Waals surface area contributed by atoms with Gasteiger partial charge in [-0.2, -0.15) is 5.26 Å². The zero-order valence-corrected chi connectivity index (χ0v) is 36.0. The number of carbonyl (C=O) groups is 4. The van der Waals surface area contributed by atoms with Crippen molar-refractivity contribution >= 4 is 46.9 Å². The van der Waals surface area contributed by atoms with E-state index >= 15 is 0 Å². The number of fused-ring (bicyclic) bond motifs is 1. The summed E-state index contributed by atoms with van der Waals surface area (Å²) in [4.78, 5) is 68.5. The van der Waals surface area contributed by atoms with E-state index in [0.717, 1.165) is 104 Å². The van der Waals surface area contributed by atoms with Crippen molar-refractivity contribution in [3.05, 3.63) is 111 Å². The zero-order chi connectivity index (χ0) is 43.2. The Balaban J connectivity index is 0.729. The van der Waals surface area contributed by atoms with Gasteiger partial charge in [-0.1, -0.05) is 37.6 Å². The van der Waals surface area contributed by atoms with Crippen LogP contribution in [0.5, 0.6) is 5.75 Å². The van der Waals surface area contributed by atoms with Crippen molar-refractivity contribution in [1.29, 1.82) is 5.26 Å². The van der Waals surface area contributed by atoms with Crippen molar-refractivity contribution in [2.75, 3.05) is 55.6 Å². The second-order valence-corrected chi connectivity index (χ2v) is 18.6. The summed E-state index contributed by atoms with van der Waals surface area (Å²) >= 11 is 6.31. The number of ether oxygens (including phenoxy) is 1. The second-order valence-electron chi connectivity index (χ2n) is 18.2. The fourth-order valence-corrected chi connectivity index (χ4v) is 10.3. The highest BCUT2D eigenvalue weighted by Gasteiger charge is 2.45. The van der Waals surface area contributed by atoms with Crippen LogP contribution >= 0.6 is 11.6 Å². The molecule has 4 fully saturated rings. The molecular formula is C48H51ClN8O5. The highest BCUT2D eigenvalue weighted by atomic mass is 35.5. The standard InChI is InChI=1S/C48H51ClN8O5/c1-47(2,34-23-32(27-50)24-35(49)25-34)33-3-6-38(7-4-33)62-30-36-11-17-51-46(52-36)55-21-15-48(16-22-55)13-19-54(20-14-48)28-31-12-18-56(29-31)37-5-8-39-40(26-37)45(61)57(44(39)60)41-9-10-42(58)53-43(41)59/h3-8,11,17,23-26,31,41H,9-10,12-16,18-22,28-30H2,1-2H3,(H,53,58,59). The van der Waals surface area contributed by atoms with Gasteiger partial charge in [-0.05, 0) is 129 Å². The number of nitrogens with one attached hydrogen (secondary N) is 1. The maximum Gasteiger partial charge on any atom is 0.262 e. The van der Waals surface area contributed by atoms with Crippen molar-refractivity contribution in [2.24, 2.45) is 11.3 Å². The van der Waals surface area contributed by atoms with Crippen molar-refractivity contribution in [3.63, 3.8) is 0 Å². The first kappa shape index (κ1) is 41.5. The lowest BCUT2D eigenvalue weighted by Crippen LogP contribution is -2.54. The third-order valence-corrected chi connectivity index (χ3v) is 14.2. The Kier molecular flexibility index (Phi) is 11.2. The van der Waals surface area contributed by atoms with Gasteiger partial charge in [0.15, 0.2) is 0 Å². The number of anilines is 2. The van der Waals surface area contributed by atoms with Gasteiger partial charge in [0, 0.05) is 61.5 Å². The van der Waals surface area contributed by atoms with Crippen molar-refractivity contribution in [2.45, 2.75) is 76.9 Å². The Hall–Kier alpha value is -5.84. The minimum absolute atomic E-state index is 0.0995. The number of benzene rings is 3. The molecule has 0 aliphatic carbocycles. The van der Waals surface area contributed by atoms with E-state index in [0.29, 0.717) is 39.7 Å². The summed E-state index contributed by atoms with van der Waals surface area (Å²) in [5.74, 6) is 0.0918. The molecule has 4 amide bonds. The van der Waals surface area contributed by atoms with Crippen molar-refractivity contribution in [3.8, 4) is 11.8 Å². The smallest absolute Gasteiger partial charge is 0.262 e. The number of carbonyl (C=O) groups excluding carboxylic acids is 4. The predicted octanol–water partition coefficient (Wildman–Crippen LogP) is 6.52. The van der Waals surface area contributed by atoms with Gasteiger partial charge in [0.1, 0.15) is 18.4 Å². The Morgan fingerprint density at radius 1 is 0.855 bits per heavy atom. The Labute approximate surface area is 367 Å². The predicted molar refractivity (Wildman–Crippen MR) is 234 cm³/mol. The van der Waals surface area contributed by atoms with Crippen LogP contribution in [0.4, 0.5) is 11.6 Å². The summed E-state index contributed by atoms with van der Waals surface area (Å²) in [5.41, 5.74) is 4.99. The van der Waals surface area contributed by atoms with Crippen LogP contribution in [0.1, 0.15) is 102 Å². The average molecular weight is 855 g/mol.